The molecular formula is C13H19N3O. The van der Waals surface area contributed by atoms with E-state index in [1.54, 1.807) is 6.92 Å². The molecule has 2 rings (SSSR count). The summed E-state index contributed by atoms with van der Waals surface area (Å²) in [6.07, 6.45) is 1.88. The van der Waals surface area contributed by atoms with E-state index in [1.165, 1.54) is 0 Å². The number of rotatable bonds is 2. The molecule has 0 spiro atoms. The number of hydrogen-bond acceptors (Lipinski definition) is 4. The number of ketones is 1. The summed E-state index contributed by atoms with van der Waals surface area (Å²) in [4.78, 5) is 22.3. The zero-order valence-electron chi connectivity index (χ0n) is 10.7. The van der Waals surface area contributed by atoms with Gasteiger partial charge in [-0.1, -0.05) is 0 Å². The number of nitrogens with zero attached hydrogens (tertiary/aromatic N) is 3. The molecule has 17 heavy (non-hydrogen) atoms. The van der Waals surface area contributed by atoms with Crippen LogP contribution in [0.4, 0.5) is 5.82 Å². The molecule has 2 heterocycles. The Morgan fingerprint density at radius 2 is 1.94 bits per heavy atom. The van der Waals surface area contributed by atoms with Crippen molar-refractivity contribution in [1.29, 1.82) is 0 Å². The van der Waals surface area contributed by atoms with E-state index in [9.17, 15) is 4.79 Å². The second-order valence-corrected chi connectivity index (χ2v) is 4.79. The fourth-order valence-electron chi connectivity index (χ4n) is 2.37. The van der Waals surface area contributed by atoms with E-state index in [4.69, 9.17) is 0 Å². The molecule has 92 valence electrons. The van der Waals surface area contributed by atoms with E-state index >= 15 is 0 Å². The summed E-state index contributed by atoms with van der Waals surface area (Å²) < 4.78 is 0. The van der Waals surface area contributed by atoms with Crippen LogP contribution in [0.15, 0.2) is 6.07 Å². The first-order chi connectivity index (χ1) is 8.06. The maximum Gasteiger partial charge on any atom is 0.133 e. The minimum absolute atomic E-state index is 0.246. The lowest BCUT2D eigenvalue weighted by atomic mass is 9.93. The summed E-state index contributed by atoms with van der Waals surface area (Å²) >= 11 is 0. The molecule has 1 aromatic heterocycles. The normalized spacial score (nSPS) is 17.2. The van der Waals surface area contributed by atoms with E-state index in [2.05, 4.69) is 14.9 Å². The summed E-state index contributed by atoms with van der Waals surface area (Å²) in [5.74, 6) is 2.38. The van der Waals surface area contributed by atoms with Crippen molar-refractivity contribution in [3.05, 3.63) is 17.6 Å². The molecule has 1 aliphatic heterocycles. The van der Waals surface area contributed by atoms with Gasteiger partial charge < -0.3 is 4.90 Å². The fourth-order valence-corrected chi connectivity index (χ4v) is 2.37. The zero-order chi connectivity index (χ0) is 12.4. The van der Waals surface area contributed by atoms with Crippen LogP contribution in [0.25, 0.3) is 0 Å². The fraction of sp³-hybridized carbons (Fsp3) is 0.615. The predicted octanol–water partition coefficient (Wildman–Crippen LogP) is 1.90. The van der Waals surface area contributed by atoms with Crippen LogP contribution in [0.1, 0.15) is 31.3 Å². The highest BCUT2D eigenvalue weighted by atomic mass is 16.1. The molecule has 1 aromatic rings. The summed E-state index contributed by atoms with van der Waals surface area (Å²) in [7, 11) is 0. The Morgan fingerprint density at radius 1 is 1.29 bits per heavy atom. The molecule has 4 nitrogen and oxygen atoms in total. The number of Topliss-reactive ketones (excluding diaryl/α,β-unsaturated/α-hetero) is 1. The van der Waals surface area contributed by atoms with Gasteiger partial charge in [0.25, 0.3) is 0 Å². The zero-order valence-corrected chi connectivity index (χ0v) is 10.7. The van der Waals surface area contributed by atoms with Crippen LogP contribution in [-0.2, 0) is 4.79 Å². The minimum atomic E-state index is 0.246. The predicted molar refractivity (Wildman–Crippen MR) is 67.1 cm³/mol. The first kappa shape index (κ1) is 12.0. The van der Waals surface area contributed by atoms with Crippen LogP contribution in [0.3, 0.4) is 0 Å². The van der Waals surface area contributed by atoms with Gasteiger partial charge in [-0.05, 0) is 33.6 Å². The quantitative estimate of drug-likeness (QED) is 0.782. The summed E-state index contributed by atoms with van der Waals surface area (Å²) in [5, 5.41) is 0. The Hall–Kier alpha value is -1.45. The van der Waals surface area contributed by atoms with Gasteiger partial charge in [-0.2, -0.15) is 0 Å². The van der Waals surface area contributed by atoms with E-state index in [-0.39, 0.29) is 5.92 Å². The van der Waals surface area contributed by atoms with Gasteiger partial charge in [0.15, 0.2) is 0 Å². The molecule has 0 amide bonds. The SMILES string of the molecule is CC(=O)C1CCN(c2cc(C)nc(C)n2)CC1. The van der Waals surface area contributed by atoms with Crippen molar-refractivity contribution in [3.8, 4) is 0 Å². The molecule has 1 saturated heterocycles. The van der Waals surface area contributed by atoms with Crippen molar-refractivity contribution in [1.82, 2.24) is 9.97 Å². The first-order valence-electron chi connectivity index (χ1n) is 6.14. The molecule has 1 aliphatic rings. The summed E-state index contributed by atoms with van der Waals surface area (Å²) in [5.41, 5.74) is 1.00. The van der Waals surface area contributed by atoms with Gasteiger partial charge in [0.05, 0.1) is 0 Å². The Kier molecular flexibility index (Phi) is 3.41. The van der Waals surface area contributed by atoms with Gasteiger partial charge in [0.1, 0.15) is 17.4 Å². The lowest BCUT2D eigenvalue weighted by Gasteiger charge is -2.31. The van der Waals surface area contributed by atoms with Gasteiger partial charge in [-0.15, -0.1) is 0 Å². The van der Waals surface area contributed by atoms with E-state index < -0.39 is 0 Å². The molecule has 0 aliphatic carbocycles. The number of aryl methyl sites for hydroxylation is 2. The highest BCUT2D eigenvalue weighted by Crippen LogP contribution is 2.22. The highest BCUT2D eigenvalue weighted by Gasteiger charge is 2.23. The number of piperidine rings is 1. The number of aromatic nitrogens is 2. The molecule has 1 fully saturated rings. The Balaban J connectivity index is 2.07. The van der Waals surface area contributed by atoms with Crippen molar-refractivity contribution in [2.75, 3.05) is 18.0 Å². The molecule has 0 atom stereocenters. The minimum Gasteiger partial charge on any atom is -0.356 e. The molecule has 0 N–H and O–H groups in total. The molecule has 4 heteroatoms. The monoisotopic (exact) mass is 233 g/mol. The average Bonchev–Trinajstić information content (AvgIpc) is 2.28. The standard InChI is InChI=1S/C13H19N3O/c1-9-8-13(15-11(3)14-9)16-6-4-12(5-7-16)10(2)17/h8,12H,4-7H2,1-3H3. The van der Waals surface area contributed by atoms with Gasteiger partial charge in [0.2, 0.25) is 0 Å². The van der Waals surface area contributed by atoms with Crippen LogP contribution >= 0.6 is 0 Å². The number of hydrogen-bond donors (Lipinski definition) is 0. The Bertz CT molecular complexity index is 402. The number of carbonyl (C=O) groups is 1. The number of carbonyl (C=O) groups excluding carboxylic acids is 1. The maximum absolute atomic E-state index is 11.3. The van der Waals surface area contributed by atoms with Crippen molar-refractivity contribution in [3.63, 3.8) is 0 Å². The number of anilines is 1. The Labute approximate surface area is 102 Å². The van der Waals surface area contributed by atoms with Crippen LogP contribution in [0.5, 0.6) is 0 Å². The van der Waals surface area contributed by atoms with Crippen LogP contribution in [0.2, 0.25) is 0 Å². The first-order valence-corrected chi connectivity index (χ1v) is 6.14. The van der Waals surface area contributed by atoms with Crippen LogP contribution in [-0.4, -0.2) is 28.8 Å². The van der Waals surface area contributed by atoms with Gasteiger partial charge in [-0.25, -0.2) is 9.97 Å². The van der Waals surface area contributed by atoms with Crippen molar-refractivity contribution < 1.29 is 4.79 Å². The Morgan fingerprint density at radius 3 is 2.47 bits per heavy atom. The molecule has 0 aromatic carbocycles. The topological polar surface area (TPSA) is 46.1 Å². The second kappa shape index (κ2) is 4.82. The van der Waals surface area contributed by atoms with Crippen molar-refractivity contribution in [2.24, 2.45) is 5.92 Å². The molecule has 0 unspecified atom stereocenters. The maximum atomic E-state index is 11.3. The second-order valence-electron chi connectivity index (χ2n) is 4.79. The molecule has 0 radical (unpaired) electrons. The lowest BCUT2D eigenvalue weighted by Crippen LogP contribution is -2.36. The highest BCUT2D eigenvalue weighted by molar-refractivity contribution is 5.78. The third kappa shape index (κ3) is 2.81. The van der Waals surface area contributed by atoms with E-state index in [0.29, 0.717) is 5.78 Å². The lowest BCUT2D eigenvalue weighted by molar-refractivity contribution is -0.121. The van der Waals surface area contributed by atoms with E-state index in [1.807, 2.05) is 19.9 Å². The van der Waals surface area contributed by atoms with Gasteiger partial charge in [-0.3, -0.25) is 4.79 Å². The largest absolute Gasteiger partial charge is 0.356 e. The molecular weight excluding hydrogens is 214 g/mol. The summed E-state index contributed by atoms with van der Waals surface area (Å²) in [6, 6.07) is 2.01. The van der Waals surface area contributed by atoms with Crippen LogP contribution < -0.4 is 4.90 Å². The van der Waals surface area contributed by atoms with Crippen LogP contribution in [0, 0.1) is 19.8 Å². The van der Waals surface area contributed by atoms with Gasteiger partial charge in [0, 0.05) is 30.8 Å². The van der Waals surface area contributed by atoms with Gasteiger partial charge >= 0.3 is 0 Å². The average molecular weight is 233 g/mol. The smallest absolute Gasteiger partial charge is 0.133 e. The third-order valence-electron chi connectivity index (χ3n) is 3.35. The van der Waals surface area contributed by atoms with Crippen molar-refractivity contribution >= 4 is 11.6 Å². The molecule has 0 bridgehead atoms. The summed E-state index contributed by atoms with van der Waals surface area (Å²) in [6.45, 7) is 7.43. The van der Waals surface area contributed by atoms with E-state index in [0.717, 1.165) is 43.3 Å². The van der Waals surface area contributed by atoms with Crippen molar-refractivity contribution in [2.45, 2.75) is 33.6 Å². The molecule has 0 saturated carbocycles. The third-order valence-corrected chi connectivity index (χ3v) is 3.35.